The summed E-state index contributed by atoms with van der Waals surface area (Å²) in [7, 11) is 0. The first-order valence-corrected chi connectivity index (χ1v) is 7.90. The Labute approximate surface area is 124 Å². The van der Waals surface area contributed by atoms with Crippen LogP contribution < -0.4 is 5.32 Å². The lowest BCUT2D eigenvalue weighted by atomic mass is 10.1. The Bertz CT molecular complexity index is 465. The average molecular weight is 294 g/mol. The first-order valence-electron chi connectivity index (χ1n) is 7.02. The van der Waals surface area contributed by atoms with Crippen LogP contribution in [0.2, 0.25) is 0 Å². The third-order valence-electron chi connectivity index (χ3n) is 3.32. The predicted octanol–water partition coefficient (Wildman–Crippen LogP) is 3.03. The van der Waals surface area contributed by atoms with Crippen molar-refractivity contribution in [2.75, 3.05) is 25.0 Å². The number of carbonyl (C=O) groups excluding carboxylic acids is 1. The van der Waals surface area contributed by atoms with Crippen molar-refractivity contribution in [2.45, 2.75) is 30.4 Å². The summed E-state index contributed by atoms with van der Waals surface area (Å²) in [5, 5.41) is 12.6. The van der Waals surface area contributed by atoms with E-state index in [1.54, 1.807) is 16.7 Å². The molecule has 5 heteroatoms. The maximum atomic E-state index is 12.2. The smallest absolute Gasteiger partial charge is 0.321 e. The van der Waals surface area contributed by atoms with Crippen molar-refractivity contribution >= 4 is 23.5 Å². The standard InChI is InChI=1S/C15H22N2O2S/c1-11(2)20-14-6-4-3-5-13(14)16-15(19)17-8-7-12(9-17)10-18/h3-6,11-12,18H,7-10H2,1-2H3,(H,16,19). The Balaban J connectivity index is 2.01. The van der Waals surface area contributed by atoms with Crippen LogP contribution in [0.25, 0.3) is 0 Å². The number of benzene rings is 1. The van der Waals surface area contributed by atoms with Crippen LogP contribution in [0.1, 0.15) is 20.3 Å². The minimum atomic E-state index is -0.0715. The van der Waals surface area contributed by atoms with Crippen molar-refractivity contribution in [3.8, 4) is 0 Å². The molecule has 1 atom stereocenters. The Morgan fingerprint density at radius 1 is 1.50 bits per heavy atom. The number of para-hydroxylation sites is 1. The zero-order chi connectivity index (χ0) is 14.5. The van der Waals surface area contributed by atoms with Gasteiger partial charge in [0.15, 0.2) is 0 Å². The van der Waals surface area contributed by atoms with Crippen molar-refractivity contribution in [3.05, 3.63) is 24.3 Å². The number of nitrogens with one attached hydrogen (secondary N) is 1. The van der Waals surface area contributed by atoms with Gasteiger partial charge in [-0.25, -0.2) is 4.79 Å². The van der Waals surface area contributed by atoms with Gasteiger partial charge in [0, 0.05) is 35.8 Å². The van der Waals surface area contributed by atoms with Gasteiger partial charge in [-0.15, -0.1) is 11.8 Å². The van der Waals surface area contributed by atoms with E-state index in [4.69, 9.17) is 5.11 Å². The summed E-state index contributed by atoms with van der Waals surface area (Å²) in [4.78, 5) is 15.1. The van der Waals surface area contributed by atoms with Gasteiger partial charge >= 0.3 is 6.03 Å². The number of amides is 2. The Morgan fingerprint density at radius 3 is 2.90 bits per heavy atom. The third-order valence-corrected chi connectivity index (χ3v) is 4.40. The second kappa shape index (κ2) is 6.99. The molecule has 1 heterocycles. The van der Waals surface area contributed by atoms with Crippen molar-refractivity contribution in [2.24, 2.45) is 5.92 Å². The van der Waals surface area contributed by atoms with Gasteiger partial charge in [0.25, 0.3) is 0 Å². The molecule has 4 nitrogen and oxygen atoms in total. The molecule has 0 spiro atoms. The van der Waals surface area contributed by atoms with Gasteiger partial charge in [0.05, 0.1) is 5.69 Å². The van der Waals surface area contributed by atoms with E-state index >= 15 is 0 Å². The lowest BCUT2D eigenvalue weighted by Gasteiger charge is -2.19. The summed E-state index contributed by atoms with van der Waals surface area (Å²) in [6.07, 6.45) is 0.881. The number of thioether (sulfide) groups is 1. The fourth-order valence-corrected chi connectivity index (χ4v) is 3.20. The first kappa shape index (κ1) is 15.2. The molecule has 2 rings (SSSR count). The minimum Gasteiger partial charge on any atom is -0.396 e. The van der Waals surface area contributed by atoms with Crippen LogP contribution in [0.15, 0.2) is 29.2 Å². The molecule has 1 aliphatic rings. The van der Waals surface area contributed by atoms with Crippen LogP contribution in [0.3, 0.4) is 0 Å². The van der Waals surface area contributed by atoms with Gasteiger partial charge in [-0.05, 0) is 18.6 Å². The molecule has 2 N–H and O–H groups in total. The number of anilines is 1. The van der Waals surface area contributed by atoms with Crippen molar-refractivity contribution in [3.63, 3.8) is 0 Å². The van der Waals surface area contributed by atoms with E-state index in [-0.39, 0.29) is 18.6 Å². The summed E-state index contributed by atoms with van der Waals surface area (Å²) in [6.45, 7) is 5.78. The molecule has 0 aromatic heterocycles. The number of hydrogen-bond donors (Lipinski definition) is 2. The summed E-state index contributed by atoms with van der Waals surface area (Å²) in [5.74, 6) is 0.223. The van der Waals surface area contributed by atoms with Gasteiger partial charge in [-0.3, -0.25) is 0 Å². The number of aliphatic hydroxyl groups excluding tert-OH is 1. The predicted molar refractivity (Wildman–Crippen MR) is 83.2 cm³/mol. The zero-order valence-electron chi connectivity index (χ0n) is 12.0. The van der Waals surface area contributed by atoms with Gasteiger partial charge < -0.3 is 15.3 Å². The summed E-state index contributed by atoms with van der Waals surface area (Å²) >= 11 is 1.74. The highest BCUT2D eigenvalue weighted by molar-refractivity contribution is 8.00. The summed E-state index contributed by atoms with van der Waals surface area (Å²) in [6, 6.07) is 7.80. The molecule has 1 aromatic rings. The maximum absolute atomic E-state index is 12.2. The zero-order valence-corrected chi connectivity index (χ0v) is 12.8. The van der Waals surface area contributed by atoms with Crippen LogP contribution in [0, 0.1) is 5.92 Å². The lowest BCUT2D eigenvalue weighted by molar-refractivity contribution is 0.208. The Kier molecular flexibility index (Phi) is 5.31. The van der Waals surface area contributed by atoms with Gasteiger partial charge in [0.1, 0.15) is 0 Å². The molecule has 0 bridgehead atoms. The second-order valence-corrected chi connectivity index (χ2v) is 6.99. The van der Waals surface area contributed by atoms with Crippen LogP contribution in [0.4, 0.5) is 10.5 Å². The van der Waals surface area contributed by atoms with Gasteiger partial charge in [0.2, 0.25) is 0 Å². The van der Waals surface area contributed by atoms with E-state index in [9.17, 15) is 4.79 Å². The highest BCUT2D eigenvalue weighted by Crippen LogP contribution is 2.30. The number of rotatable bonds is 4. The third kappa shape index (κ3) is 3.90. The highest BCUT2D eigenvalue weighted by Gasteiger charge is 2.25. The number of aliphatic hydroxyl groups is 1. The van der Waals surface area contributed by atoms with E-state index in [0.29, 0.717) is 11.8 Å². The molecule has 0 aliphatic carbocycles. The van der Waals surface area contributed by atoms with Crippen molar-refractivity contribution in [1.82, 2.24) is 4.90 Å². The van der Waals surface area contributed by atoms with Gasteiger partial charge in [-0.1, -0.05) is 26.0 Å². The molecule has 0 radical (unpaired) electrons. The van der Waals surface area contributed by atoms with E-state index in [1.165, 1.54) is 0 Å². The molecule has 1 aromatic carbocycles. The average Bonchev–Trinajstić information content (AvgIpc) is 2.89. The summed E-state index contributed by atoms with van der Waals surface area (Å²) in [5.41, 5.74) is 0.864. The SMILES string of the molecule is CC(C)Sc1ccccc1NC(=O)N1CCC(CO)C1. The molecule has 1 unspecified atom stereocenters. The van der Waals surface area contributed by atoms with E-state index in [2.05, 4.69) is 19.2 Å². The fourth-order valence-electron chi connectivity index (χ4n) is 2.29. The van der Waals surface area contributed by atoms with E-state index in [0.717, 1.165) is 23.5 Å². The number of likely N-dealkylation sites (tertiary alicyclic amines) is 1. The van der Waals surface area contributed by atoms with Crippen molar-refractivity contribution < 1.29 is 9.90 Å². The molecule has 1 aliphatic heterocycles. The maximum Gasteiger partial charge on any atom is 0.321 e. The largest absolute Gasteiger partial charge is 0.396 e. The Morgan fingerprint density at radius 2 is 2.25 bits per heavy atom. The Hall–Kier alpha value is -1.20. The molecule has 2 amide bonds. The second-order valence-electron chi connectivity index (χ2n) is 5.38. The number of nitrogens with zero attached hydrogens (tertiary/aromatic N) is 1. The minimum absolute atomic E-state index is 0.0715. The van der Waals surface area contributed by atoms with E-state index < -0.39 is 0 Å². The van der Waals surface area contributed by atoms with Crippen LogP contribution >= 0.6 is 11.8 Å². The van der Waals surface area contributed by atoms with Crippen LogP contribution in [-0.4, -0.2) is 41.0 Å². The molecule has 110 valence electrons. The molecule has 0 saturated carbocycles. The summed E-state index contributed by atoms with van der Waals surface area (Å²) < 4.78 is 0. The molecule has 1 fully saturated rings. The topological polar surface area (TPSA) is 52.6 Å². The lowest BCUT2D eigenvalue weighted by Crippen LogP contribution is -2.33. The number of urea groups is 1. The number of carbonyl (C=O) groups is 1. The molecular weight excluding hydrogens is 272 g/mol. The van der Waals surface area contributed by atoms with Crippen molar-refractivity contribution in [1.29, 1.82) is 0 Å². The monoisotopic (exact) mass is 294 g/mol. The molecular formula is C15H22N2O2S. The van der Waals surface area contributed by atoms with Gasteiger partial charge in [-0.2, -0.15) is 0 Å². The molecule has 1 saturated heterocycles. The highest BCUT2D eigenvalue weighted by atomic mass is 32.2. The normalized spacial score (nSPS) is 18.6. The molecule has 20 heavy (non-hydrogen) atoms. The quantitative estimate of drug-likeness (QED) is 0.839. The van der Waals surface area contributed by atoms with Crippen LogP contribution in [-0.2, 0) is 0 Å². The van der Waals surface area contributed by atoms with Crippen LogP contribution in [0.5, 0.6) is 0 Å². The number of hydrogen-bond acceptors (Lipinski definition) is 3. The fraction of sp³-hybridized carbons (Fsp3) is 0.533. The first-order chi connectivity index (χ1) is 9.60. The van der Waals surface area contributed by atoms with E-state index in [1.807, 2.05) is 24.3 Å².